The molecule has 0 saturated carbocycles. The van der Waals surface area contributed by atoms with Crippen LogP contribution in [0.15, 0.2) is 54.9 Å². The summed E-state index contributed by atoms with van der Waals surface area (Å²) in [7, 11) is 0. The van der Waals surface area contributed by atoms with Crippen LogP contribution in [0.4, 0.5) is 0 Å². The van der Waals surface area contributed by atoms with Gasteiger partial charge in [0.25, 0.3) is 0 Å². The van der Waals surface area contributed by atoms with Crippen molar-refractivity contribution in [2.24, 2.45) is 11.8 Å². The Morgan fingerprint density at radius 3 is 2.32 bits per heavy atom. The van der Waals surface area contributed by atoms with Gasteiger partial charge >= 0.3 is 0 Å². The number of benzene rings is 1. The Morgan fingerprint density at radius 2 is 1.71 bits per heavy atom. The first-order chi connectivity index (χ1) is 14.9. The molecule has 0 aliphatic carbocycles. The van der Waals surface area contributed by atoms with E-state index in [1.165, 1.54) is 0 Å². The predicted molar refractivity (Wildman–Crippen MR) is 116 cm³/mol. The van der Waals surface area contributed by atoms with Crippen molar-refractivity contribution in [3.05, 3.63) is 66.0 Å². The van der Waals surface area contributed by atoms with Gasteiger partial charge < -0.3 is 10.6 Å². The number of hydrogen-bond acceptors (Lipinski definition) is 5. The van der Waals surface area contributed by atoms with Crippen LogP contribution in [0.25, 0.3) is 0 Å². The first-order valence-corrected chi connectivity index (χ1v) is 10.3. The number of amides is 3. The Labute approximate surface area is 182 Å². The Bertz CT molecular complexity index is 843. The van der Waals surface area contributed by atoms with Crippen LogP contribution in [0, 0.1) is 11.8 Å². The second-order valence-electron chi connectivity index (χ2n) is 7.90. The van der Waals surface area contributed by atoms with E-state index in [-0.39, 0.29) is 24.8 Å². The highest BCUT2D eigenvalue weighted by atomic mass is 16.5. The molecule has 166 valence electrons. The number of carbonyl (C=O) groups is 3. The molecule has 0 bridgehead atoms. The number of aromatic nitrogens is 1. The smallest absolute Gasteiger partial charge is 0.244 e. The standard InChI is InChI=1S/C23H30N4O4/c1-16(2)11-19(13-21(28)27-31)22(29)26-20(12-17-7-4-3-5-8-17)23(30)25-15-18-9-6-10-24-14-18/h3-10,14,16,19-20,31H,11-13,15H2,1-2H3,(H,25,30)(H,26,29)(H,27,28)/t19-,20+/m1/s1. The molecule has 2 atom stereocenters. The molecule has 1 heterocycles. The van der Waals surface area contributed by atoms with Gasteiger partial charge in [0, 0.05) is 37.7 Å². The molecule has 0 radical (unpaired) electrons. The summed E-state index contributed by atoms with van der Waals surface area (Å²) < 4.78 is 0. The van der Waals surface area contributed by atoms with E-state index in [4.69, 9.17) is 5.21 Å². The lowest BCUT2D eigenvalue weighted by Gasteiger charge is -2.23. The monoisotopic (exact) mass is 426 g/mol. The topological polar surface area (TPSA) is 120 Å². The lowest BCUT2D eigenvalue weighted by atomic mass is 9.92. The molecule has 0 aliphatic heterocycles. The SMILES string of the molecule is CC(C)C[C@H](CC(=O)NO)C(=O)N[C@@H](Cc1ccccc1)C(=O)NCc1cccnc1. The summed E-state index contributed by atoms with van der Waals surface area (Å²) in [5.41, 5.74) is 3.32. The molecule has 0 fully saturated rings. The summed E-state index contributed by atoms with van der Waals surface area (Å²) in [6.45, 7) is 4.18. The maximum absolute atomic E-state index is 12.9. The van der Waals surface area contributed by atoms with Crippen LogP contribution >= 0.6 is 0 Å². The zero-order valence-corrected chi connectivity index (χ0v) is 17.9. The second-order valence-corrected chi connectivity index (χ2v) is 7.90. The number of hydroxylamine groups is 1. The normalized spacial score (nSPS) is 12.6. The van der Waals surface area contributed by atoms with Crippen LogP contribution in [0.1, 0.15) is 37.8 Å². The van der Waals surface area contributed by atoms with Gasteiger partial charge in [0.05, 0.1) is 0 Å². The molecule has 1 aromatic carbocycles. The lowest BCUT2D eigenvalue weighted by Crippen LogP contribution is -2.50. The zero-order valence-electron chi connectivity index (χ0n) is 17.9. The molecule has 8 nitrogen and oxygen atoms in total. The van der Waals surface area contributed by atoms with E-state index in [1.807, 2.05) is 50.2 Å². The number of rotatable bonds is 11. The van der Waals surface area contributed by atoms with Gasteiger partial charge in [0.2, 0.25) is 17.7 Å². The van der Waals surface area contributed by atoms with Crippen molar-refractivity contribution in [1.82, 2.24) is 21.1 Å². The summed E-state index contributed by atoms with van der Waals surface area (Å²) in [5, 5.41) is 14.5. The highest BCUT2D eigenvalue weighted by Gasteiger charge is 2.28. The highest BCUT2D eigenvalue weighted by Crippen LogP contribution is 2.17. The Morgan fingerprint density at radius 1 is 1.00 bits per heavy atom. The molecule has 31 heavy (non-hydrogen) atoms. The third-order valence-electron chi connectivity index (χ3n) is 4.79. The van der Waals surface area contributed by atoms with Crippen molar-refractivity contribution in [3.8, 4) is 0 Å². The van der Waals surface area contributed by atoms with Crippen molar-refractivity contribution in [2.45, 2.75) is 45.7 Å². The van der Waals surface area contributed by atoms with E-state index in [0.29, 0.717) is 12.8 Å². The van der Waals surface area contributed by atoms with Crippen molar-refractivity contribution >= 4 is 17.7 Å². The molecule has 8 heteroatoms. The highest BCUT2D eigenvalue weighted by molar-refractivity contribution is 5.90. The molecule has 3 amide bonds. The van der Waals surface area contributed by atoms with Crippen LogP contribution in [0.3, 0.4) is 0 Å². The number of nitrogens with one attached hydrogen (secondary N) is 3. The summed E-state index contributed by atoms with van der Waals surface area (Å²) >= 11 is 0. The largest absolute Gasteiger partial charge is 0.350 e. The summed E-state index contributed by atoms with van der Waals surface area (Å²) in [4.78, 5) is 41.5. The van der Waals surface area contributed by atoms with Crippen LogP contribution in [0.5, 0.6) is 0 Å². The average molecular weight is 427 g/mol. The zero-order chi connectivity index (χ0) is 22.6. The van der Waals surface area contributed by atoms with Crippen LogP contribution in [-0.2, 0) is 27.3 Å². The molecule has 2 aromatic rings. The lowest BCUT2D eigenvalue weighted by molar-refractivity contribution is -0.136. The number of nitrogens with zero attached hydrogens (tertiary/aromatic N) is 1. The van der Waals surface area contributed by atoms with Crippen molar-refractivity contribution < 1.29 is 19.6 Å². The number of pyridine rings is 1. The first kappa shape index (κ1) is 24.0. The van der Waals surface area contributed by atoms with Gasteiger partial charge in [-0.1, -0.05) is 50.2 Å². The molecule has 0 saturated heterocycles. The fraction of sp³-hybridized carbons (Fsp3) is 0.391. The van der Waals surface area contributed by atoms with E-state index in [0.717, 1.165) is 11.1 Å². The van der Waals surface area contributed by atoms with Crippen LogP contribution in [0.2, 0.25) is 0 Å². The van der Waals surface area contributed by atoms with E-state index < -0.39 is 23.8 Å². The van der Waals surface area contributed by atoms with Gasteiger partial charge in [-0.3, -0.25) is 24.6 Å². The third kappa shape index (κ3) is 8.55. The summed E-state index contributed by atoms with van der Waals surface area (Å²) in [6, 6.07) is 12.2. The van der Waals surface area contributed by atoms with Gasteiger partial charge in [-0.25, -0.2) is 5.48 Å². The van der Waals surface area contributed by atoms with Crippen molar-refractivity contribution in [1.29, 1.82) is 0 Å². The van der Waals surface area contributed by atoms with Crippen molar-refractivity contribution in [2.75, 3.05) is 0 Å². The minimum absolute atomic E-state index is 0.157. The van der Waals surface area contributed by atoms with Gasteiger partial charge in [0.15, 0.2) is 0 Å². The van der Waals surface area contributed by atoms with Crippen LogP contribution < -0.4 is 16.1 Å². The summed E-state index contributed by atoms with van der Waals surface area (Å²) in [6.07, 6.45) is 3.93. The van der Waals surface area contributed by atoms with Crippen molar-refractivity contribution in [3.63, 3.8) is 0 Å². The minimum atomic E-state index is -0.807. The molecule has 1 aromatic heterocycles. The second kappa shape index (κ2) is 12.4. The number of hydrogen-bond donors (Lipinski definition) is 4. The molecule has 2 rings (SSSR count). The van der Waals surface area contributed by atoms with Gasteiger partial charge in [-0.05, 0) is 29.5 Å². The van der Waals surface area contributed by atoms with Crippen LogP contribution in [-0.4, -0.2) is 34.0 Å². The quantitative estimate of drug-likeness (QED) is 0.323. The molecule has 0 aliphatic rings. The Kier molecular flexibility index (Phi) is 9.64. The third-order valence-corrected chi connectivity index (χ3v) is 4.79. The van der Waals surface area contributed by atoms with E-state index in [9.17, 15) is 14.4 Å². The molecule has 4 N–H and O–H groups in total. The Hall–Kier alpha value is -3.26. The Balaban J connectivity index is 2.12. The number of carbonyl (C=O) groups excluding carboxylic acids is 3. The van der Waals surface area contributed by atoms with Gasteiger partial charge in [-0.2, -0.15) is 0 Å². The molecule has 0 spiro atoms. The predicted octanol–water partition coefficient (Wildman–Crippen LogP) is 1.98. The molecular weight excluding hydrogens is 396 g/mol. The minimum Gasteiger partial charge on any atom is -0.350 e. The first-order valence-electron chi connectivity index (χ1n) is 10.3. The van der Waals surface area contributed by atoms with E-state index in [1.54, 1.807) is 23.9 Å². The molecule has 0 unspecified atom stereocenters. The van der Waals surface area contributed by atoms with E-state index >= 15 is 0 Å². The maximum atomic E-state index is 12.9. The summed E-state index contributed by atoms with van der Waals surface area (Å²) in [5.74, 6) is -1.85. The van der Waals surface area contributed by atoms with E-state index in [2.05, 4.69) is 15.6 Å². The maximum Gasteiger partial charge on any atom is 0.244 e. The fourth-order valence-electron chi connectivity index (χ4n) is 3.29. The van der Waals surface area contributed by atoms with Gasteiger partial charge in [0.1, 0.15) is 6.04 Å². The molecular formula is C23H30N4O4. The average Bonchev–Trinajstić information content (AvgIpc) is 2.77. The fourth-order valence-corrected chi connectivity index (χ4v) is 3.29. The van der Waals surface area contributed by atoms with Gasteiger partial charge in [-0.15, -0.1) is 0 Å².